The number of thiophene rings is 1. The number of ether oxygens (including phenoxy) is 1. The first kappa shape index (κ1) is 27.2. The van der Waals surface area contributed by atoms with Crippen molar-refractivity contribution in [2.45, 2.75) is 16.5 Å². The molecular formula is C23H19ClFN3O6PS2+. The quantitative estimate of drug-likeness (QED) is 0.199. The number of hydrogen-bond donors (Lipinski definition) is 3. The molecule has 0 aliphatic rings. The number of nitrogens with zero attached hydrogens (tertiary/aromatic N) is 2. The molecule has 4 rings (SSSR count). The summed E-state index contributed by atoms with van der Waals surface area (Å²) < 4.78 is 62.3. The summed E-state index contributed by atoms with van der Waals surface area (Å²) in [7, 11) is -9.61. The maximum atomic E-state index is 14.1. The molecule has 4 aromatic rings. The van der Waals surface area contributed by atoms with Crippen molar-refractivity contribution in [1.29, 1.82) is 5.26 Å². The molecule has 14 heteroatoms. The molecule has 1 unspecified atom stereocenters. The molecule has 0 aliphatic heterocycles. The first-order valence-electron chi connectivity index (χ1n) is 10.6. The molecule has 2 aromatic carbocycles. The molecule has 9 nitrogen and oxygen atoms in total. The first-order valence-corrected chi connectivity index (χ1v) is 14.9. The van der Waals surface area contributed by atoms with Crippen LogP contribution in [0, 0.1) is 17.1 Å². The van der Waals surface area contributed by atoms with Gasteiger partial charge < -0.3 is 14.5 Å². The number of benzene rings is 2. The summed E-state index contributed by atoms with van der Waals surface area (Å²) in [6, 6.07) is 14.6. The Morgan fingerprint density at radius 2 is 1.92 bits per heavy atom. The third kappa shape index (κ3) is 6.17. The zero-order valence-electron chi connectivity index (χ0n) is 18.8. The third-order valence-corrected chi connectivity index (χ3v) is 9.92. The molecule has 2 heterocycles. The standard InChI is InChI=1S/C23H18ClFN3O6PS2/c24-22-17-13-21(36-20(17)7-6-19(22)34-11-10-28-8-2-1-3-9-28)37(32,33)27-23(35(29,30)31)15-4-5-16(14-26)18(25)12-15/h1-9,12-13,23,27H,10-11H2,(H-,29,30,31)/p+1. The Morgan fingerprint density at radius 1 is 1.19 bits per heavy atom. The zero-order chi connectivity index (χ0) is 26.8. The molecule has 2 aromatic heterocycles. The van der Waals surface area contributed by atoms with Crippen molar-refractivity contribution >= 4 is 50.6 Å². The van der Waals surface area contributed by atoms with Gasteiger partial charge in [-0.3, -0.25) is 4.57 Å². The number of fused-ring (bicyclic) bond motifs is 1. The van der Waals surface area contributed by atoms with Crippen molar-refractivity contribution in [2.75, 3.05) is 6.61 Å². The number of nitrogens with one attached hydrogen (secondary N) is 1. The fourth-order valence-corrected chi connectivity index (χ4v) is 7.77. The summed E-state index contributed by atoms with van der Waals surface area (Å²) in [6.07, 6.45) is 3.77. The lowest BCUT2D eigenvalue weighted by Gasteiger charge is -2.20. The molecule has 0 saturated heterocycles. The van der Waals surface area contributed by atoms with E-state index in [4.69, 9.17) is 21.6 Å². The fraction of sp³-hybridized carbons (Fsp3) is 0.130. The van der Waals surface area contributed by atoms with Gasteiger partial charge in [0.2, 0.25) is 0 Å². The molecule has 0 fully saturated rings. The molecule has 0 aliphatic carbocycles. The van der Waals surface area contributed by atoms with Gasteiger partial charge in [-0.25, -0.2) is 17.4 Å². The monoisotopic (exact) mass is 582 g/mol. The van der Waals surface area contributed by atoms with Gasteiger partial charge in [-0.15, -0.1) is 11.3 Å². The Hall–Kier alpha value is -2.88. The van der Waals surface area contributed by atoms with Crippen LogP contribution in [0.1, 0.15) is 16.9 Å². The summed E-state index contributed by atoms with van der Waals surface area (Å²) in [4.78, 5) is 19.6. The highest BCUT2D eigenvalue weighted by molar-refractivity contribution is 7.92. The Bertz CT molecular complexity index is 1650. The summed E-state index contributed by atoms with van der Waals surface area (Å²) in [5, 5.41) is 9.45. The van der Waals surface area contributed by atoms with Crippen LogP contribution in [0.4, 0.5) is 4.39 Å². The Morgan fingerprint density at radius 3 is 2.57 bits per heavy atom. The van der Waals surface area contributed by atoms with Crippen molar-refractivity contribution in [3.63, 3.8) is 0 Å². The van der Waals surface area contributed by atoms with Crippen LogP contribution in [-0.2, 0) is 21.1 Å². The number of pyridine rings is 1. The van der Waals surface area contributed by atoms with Crippen LogP contribution in [0.15, 0.2) is 71.2 Å². The van der Waals surface area contributed by atoms with Gasteiger partial charge in [0.25, 0.3) is 10.0 Å². The number of hydrogen-bond acceptors (Lipinski definition) is 6. The lowest BCUT2D eigenvalue weighted by Crippen LogP contribution is -2.35. The van der Waals surface area contributed by atoms with Crippen molar-refractivity contribution in [1.82, 2.24) is 4.72 Å². The highest BCUT2D eigenvalue weighted by atomic mass is 35.5. The summed E-state index contributed by atoms with van der Waals surface area (Å²) >= 11 is 7.31. The summed E-state index contributed by atoms with van der Waals surface area (Å²) in [5.41, 5.74) is -0.685. The van der Waals surface area contributed by atoms with Crippen LogP contribution in [0.3, 0.4) is 0 Å². The molecule has 192 valence electrons. The van der Waals surface area contributed by atoms with E-state index in [0.717, 1.165) is 23.5 Å². The second kappa shape index (κ2) is 10.8. The number of aromatic nitrogens is 1. The second-order valence-corrected chi connectivity index (χ2v) is 12.9. The van der Waals surface area contributed by atoms with Gasteiger partial charge in [0.15, 0.2) is 18.9 Å². The Labute approximate surface area is 220 Å². The summed E-state index contributed by atoms with van der Waals surface area (Å²) in [5.74, 6) is -2.76. The third-order valence-electron chi connectivity index (χ3n) is 5.26. The fourth-order valence-electron chi connectivity index (χ4n) is 3.45. The number of rotatable bonds is 9. The van der Waals surface area contributed by atoms with Gasteiger partial charge in [-0.2, -0.15) is 9.98 Å². The normalized spacial score (nSPS) is 12.8. The van der Waals surface area contributed by atoms with E-state index in [0.29, 0.717) is 35.1 Å². The van der Waals surface area contributed by atoms with E-state index in [1.165, 1.54) is 6.07 Å². The maximum Gasteiger partial charge on any atom is 0.347 e. The van der Waals surface area contributed by atoms with E-state index in [9.17, 15) is 27.2 Å². The Kier molecular flexibility index (Phi) is 7.96. The Balaban J connectivity index is 1.59. The molecule has 0 spiro atoms. The smallest absolute Gasteiger partial charge is 0.347 e. The van der Waals surface area contributed by atoms with E-state index < -0.39 is 29.2 Å². The highest BCUT2D eigenvalue weighted by Gasteiger charge is 2.36. The summed E-state index contributed by atoms with van der Waals surface area (Å²) in [6.45, 7) is 0.865. The van der Waals surface area contributed by atoms with Gasteiger partial charge in [0, 0.05) is 22.2 Å². The van der Waals surface area contributed by atoms with Crippen LogP contribution in [0.25, 0.3) is 10.1 Å². The number of halogens is 2. The molecule has 37 heavy (non-hydrogen) atoms. The number of sulfonamides is 1. The van der Waals surface area contributed by atoms with Gasteiger partial charge in [-0.05, 0) is 35.9 Å². The van der Waals surface area contributed by atoms with Crippen LogP contribution in [-0.4, -0.2) is 24.8 Å². The van der Waals surface area contributed by atoms with Gasteiger partial charge in [0.05, 0.1) is 10.6 Å². The SMILES string of the molecule is N#Cc1ccc(C(NS(=O)(=O)c2cc3c(Cl)c(OCC[n+]4ccccc4)ccc3s2)P(=O)(O)O)cc1F. The molecule has 3 N–H and O–H groups in total. The van der Waals surface area contributed by atoms with Crippen molar-refractivity contribution in [3.8, 4) is 11.8 Å². The lowest BCUT2D eigenvalue weighted by atomic mass is 10.1. The van der Waals surface area contributed by atoms with E-state index >= 15 is 0 Å². The molecule has 0 saturated carbocycles. The van der Waals surface area contributed by atoms with Gasteiger partial charge >= 0.3 is 7.60 Å². The molecule has 0 bridgehead atoms. The predicted molar refractivity (Wildman–Crippen MR) is 135 cm³/mol. The van der Waals surface area contributed by atoms with E-state index in [2.05, 4.69) is 0 Å². The van der Waals surface area contributed by atoms with Crippen LogP contribution in [0.2, 0.25) is 5.02 Å². The van der Waals surface area contributed by atoms with E-state index in [1.807, 2.05) is 39.9 Å². The molecule has 1 atom stereocenters. The van der Waals surface area contributed by atoms with E-state index in [-0.39, 0.29) is 20.4 Å². The van der Waals surface area contributed by atoms with Gasteiger partial charge in [0.1, 0.15) is 34.2 Å². The highest BCUT2D eigenvalue weighted by Crippen LogP contribution is 2.51. The average molecular weight is 583 g/mol. The zero-order valence-corrected chi connectivity index (χ0v) is 22.1. The van der Waals surface area contributed by atoms with Crippen LogP contribution < -0.4 is 14.0 Å². The minimum atomic E-state index is -5.13. The topological polar surface area (TPSA) is 141 Å². The van der Waals surface area contributed by atoms with Crippen molar-refractivity contribution < 1.29 is 36.5 Å². The minimum absolute atomic E-state index is 0.189. The molecular weight excluding hydrogens is 564 g/mol. The van der Waals surface area contributed by atoms with Crippen LogP contribution in [0.5, 0.6) is 5.75 Å². The molecule has 0 amide bonds. The largest absolute Gasteiger partial charge is 0.485 e. The minimum Gasteiger partial charge on any atom is -0.485 e. The van der Waals surface area contributed by atoms with E-state index in [1.54, 1.807) is 18.2 Å². The first-order chi connectivity index (χ1) is 17.5. The van der Waals surface area contributed by atoms with Crippen molar-refractivity contribution in [2.24, 2.45) is 0 Å². The molecule has 0 radical (unpaired) electrons. The lowest BCUT2D eigenvalue weighted by molar-refractivity contribution is -0.697. The maximum absolute atomic E-state index is 14.1. The average Bonchev–Trinajstić information content (AvgIpc) is 3.30. The number of nitriles is 1. The van der Waals surface area contributed by atoms with Crippen molar-refractivity contribution in [3.05, 3.63) is 89.0 Å². The second-order valence-electron chi connectivity index (χ2n) is 7.78. The van der Waals surface area contributed by atoms with Gasteiger partial charge in [-0.1, -0.05) is 23.7 Å². The van der Waals surface area contributed by atoms with Crippen LogP contribution >= 0.6 is 30.5 Å². The predicted octanol–water partition coefficient (Wildman–Crippen LogP) is 4.09.